The largest absolute Gasteiger partial charge is 0.435 e. The highest BCUT2D eigenvalue weighted by molar-refractivity contribution is 7.91. The second-order valence-electron chi connectivity index (χ2n) is 6.83. The van der Waals surface area contributed by atoms with Gasteiger partial charge in [-0.15, -0.1) is 0 Å². The van der Waals surface area contributed by atoms with Gasteiger partial charge in [0.2, 0.25) is 0 Å². The van der Waals surface area contributed by atoms with Crippen LogP contribution in [0.2, 0.25) is 0 Å². The zero-order valence-corrected chi connectivity index (χ0v) is 15.9. The quantitative estimate of drug-likeness (QED) is 0.704. The van der Waals surface area contributed by atoms with Gasteiger partial charge in [-0.25, -0.2) is 8.42 Å². The number of alkyl halides is 2. The average molecular weight is 406 g/mol. The number of sulfone groups is 1. The van der Waals surface area contributed by atoms with E-state index in [4.69, 9.17) is 5.26 Å². The summed E-state index contributed by atoms with van der Waals surface area (Å²) in [5, 5.41) is 8.95. The van der Waals surface area contributed by atoms with Crippen LogP contribution in [0.25, 0.3) is 0 Å². The van der Waals surface area contributed by atoms with Crippen LogP contribution in [0.1, 0.15) is 17.5 Å². The highest BCUT2D eigenvalue weighted by Crippen LogP contribution is 2.24. The van der Waals surface area contributed by atoms with E-state index in [0.717, 1.165) is 18.5 Å². The Morgan fingerprint density at radius 1 is 1.21 bits per heavy atom. The SMILES string of the molecule is N#Cc1cccc(S(=O)(=O)C[C@@H]2CCN(Cc3ccc(OC(F)F)cc3)C2)c1. The van der Waals surface area contributed by atoms with Crippen molar-refractivity contribution in [2.75, 3.05) is 18.8 Å². The normalized spacial score (nSPS) is 17.6. The number of rotatable bonds is 7. The molecule has 1 aliphatic rings. The lowest BCUT2D eigenvalue weighted by atomic mass is 10.1. The summed E-state index contributed by atoms with van der Waals surface area (Å²) < 4.78 is 54.0. The molecular weight excluding hydrogens is 386 g/mol. The number of nitrogens with zero attached hydrogens (tertiary/aromatic N) is 2. The predicted octanol–water partition coefficient (Wildman–Crippen LogP) is 3.46. The number of halogens is 2. The van der Waals surface area contributed by atoms with Crippen molar-refractivity contribution in [2.24, 2.45) is 5.92 Å². The van der Waals surface area contributed by atoms with Gasteiger partial charge in [0.05, 0.1) is 22.3 Å². The number of hydrogen-bond donors (Lipinski definition) is 0. The molecule has 3 rings (SSSR count). The maximum atomic E-state index is 12.6. The van der Waals surface area contributed by atoms with Gasteiger partial charge in [-0.1, -0.05) is 18.2 Å². The van der Waals surface area contributed by atoms with Gasteiger partial charge in [-0.2, -0.15) is 14.0 Å². The summed E-state index contributed by atoms with van der Waals surface area (Å²) in [6, 6.07) is 14.5. The first-order valence-electron chi connectivity index (χ1n) is 8.85. The van der Waals surface area contributed by atoms with E-state index in [0.29, 0.717) is 18.7 Å². The van der Waals surface area contributed by atoms with E-state index < -0.39 is 16.4 Å². The molecular formula is C20H20F2N2O3S. The van der Waals surface area contributed by atoms with Gasteiger partial charge >= 0.3 is 6.61 Å². The molecule has 1 atom stereocenters. The van der Waals surface area contributed by atoms with Crippen LogP contribution < -0.4 is 4.74 Å². The summed E-state index contributed by atoms with van der Waals surface area (Å²) in [6.07, 6.45) is 0.768. The number of likely N-dealkylation sites (tertiary alicyclic amines) is 1. The van der Waals surface area contributed by atoms with E-state index in [1.165, 1.54) is 24.3 Å². The molecule has 1 fully saturated rings. The van der Waals surface area contributed by atoms with Crippen LogP contribution in [0.15, 0.2) is 53.4 Å². The summed E-state index contributed by atoms with van der Waals surface area (Å²) in [6.45, 7) is -0.809. The molecule has 2 aromatic carbocycles. The highest BCUT2D eigenvalue weighted by atomic mass is 32.2. The maximum absolute atomic E-state index is 12.6. The van der Waals surface area contributed by atoms with Crippen LogP contribution in [0.4, 0.5) is 8.78 Å². The molecule has 1 aliphatic heterocycles. The molecule has 0 radical (unpaired) electrons. The molecule has 148 valence electrons. The first-order valence-corrected chi connectivity index (χ1v) is 10.5. The van der Waals surface area contributed by atoms with Gasteiger partial charge in [0.1, 0.15) is 5.75 Å². The molecule has 1 heterocycles. The van der Waals surface area contributed by atoms with Crippen molar-refractivity contribution in [3.05, 3.63) is 59.7 Å². The number of nitriles is 1. The average Bonchev–Trinajstić information content (AvgIpc) is 3.09. The van der Waals surface area contributed by atoms with Crippen molar-refractivity contribution in [3.8, 4) is 11.8 Å². The Balaban J connectivity index is 1.57. The first kappa shape index (κ1) is 20.2. The highest BCUT2D eigenvalue weighted by Gasteiger charge is 2.28. The molecule has 5 nitrogen and oxygen atoms in total. The summed E-state index contributed by atoms with van der Waals surface area (Å²) in [7, 11) is -3.46. The molecule has 0 spiro atoms. The molecule has 0 saturated carbocycles. The Morgan fingerprint density at radius 3 is 2.64 bits per heavy atom. The number of hydrogen-bond acceptors (Lipinski definition) is 5. The van der Waals surface area contributed by atoms with Crippen LogP contribution in [0, 0.1) is 17.2 Å². The summed E-state index contributed by atoms with van der Waals surface area (Å²) in [5.41, 5.74) is 1.28. The standard InChI is InChI=1S/C20H20F2N2O3S/c21-20(22)27-18-6-4-15(5-7-18)12-24-9-8-17(13-24)14-28(25,26)19-3-1-2-16(10-19)11-23/h1-7,10,17,20H,8-9,12-14H2/t17-/m1/s1. The van der Waals surface area contributed by atoms with Gasteiger partial charge < -0.3 is 4.74 Å². The minimum atomic E-state index is -3.46. The Labute approximate surface area is 163 Å². The fourth-order valence-corrected chi connectivity index (χ4v) is 5.07. The third kappa shape index (κ3) is 5.27. The van der Waals surface area contributed by atoms with Gasteiger partial charge in [0.15, 0.2) is 9.84 Å². The van der Waals surface area contributed by atoms with Crippen LogP contribution in [-0.2, 0) is 16.4 Å². The second-order valence-corrected chi connectivity index (χ2v) is 8.87. The minimum absolute atomic E-state index is 0.0113. The predicted molar refractivity (Wildman–Crippen MR) is 99.7 cm³/mol. The molecule has 1 saturated heterocycles. The van der Waals surface area contributed by atoms with Gasteiger partial charge in [-0.05, 0) is 54.8 Å². The van der Waals surface area contributed by atoms with Crippen LogP contribution in [0.5, 0.6) is 5.75 Å². The second kappa shape index (κ2) is 8.67. The van der Waals surface area contributed by atoms with Crippen molar-refractivity contribution >= 4 is 9.84 Å². The lowest BCUT2D eigenvalue weighted by molar-refractivity contribution is -0.0498. The van der Waals surface area contributed by atoms with Crippen LogP contribution in [-0.4, -0.2) is 38.8 Å². The lowest BCUT2D eigenvalue weighted by Crippen LogP contribution is -2.23. The van der Waals surface area contributed by atoms with Gasteiger partial charge in [-0.3, -0.25) is 4.90 Å². The molecule has 0 N–H and O–H groups in total. The van der Waals surface area contributed by atoms with E-state index in [1.54, 1.807) is 24.3 Å². The third-order valence-corrected chi connectivity index (χ3v) is 6.58. The molecule has 0 bridgehead atoms. The van der Waals surface area contributed by atoms with Crippen molar-refractivity contribution < 1.29 is 21.9 Å². The van der Waals surface area contributed by atoms with Gasteiger partial charge in [0, 0.05) is 13.1 Å². The summed E-state index contributed by atoms with van der Waals surface area (Å²) in [5.74, 6) is 0.167. The third-order valence-electron chi connectivity index (χ3n) is 4.70. The molecule has 2 aromatic rings. The molecule has 0 amide bonds. The fraction of sp³-hybridized carbons (Fsp3) is 0.350. The maximum Gasteiger partial charge on any atom is 0.387 e. The van der Waals surface area contributed by atoms with Crippen molar-refractivity contribution in [1.29, 1.82) is 5.26 Å². The van der Waals surface area contributed by atoms with E-state index in [9.17, 15) is 17.2 Å². The molecule has 0 aliphatic carbocycles. The molecule has 0 unspecified atom stereocenters. The molecule has 8 heteroatoms. The van der Waals surface area contributed by atoms with E-state index >= 15 is 0 Å². The van der Waals surface area contributed by atoms with Crippen molar-refractivity contribution in [2.45, 2.75) is 24.5 Å². The topological polar surface area (TPSA) is 70.4 Å². The van der Waals surface area contributed by atoms with E-state index in [1.807, 2.05) is 6.07 Å². The molecule has 0 aromatic heterocycles. The first-order chi connectivity index (χ1) is 13.4. The summed E-state index contributed by atoms with van der Waals surface area (Å²) >= 11 is 0. The number of ether oxygens (including phenoxy) is 1. The zero-order valence-electron chi connectivity index (χ0n) is 15.1. The van der Waals surface area contributed by atoms with Crippen LogP contribution in [0.3, 0.4) is 0 Å². The monoisotopic (exact) mass is 406 g/mol. The lowest BCUT2D eigenvalue weighted by Gasteiger charge is -2.16. The molecule has 28 heavy (non-hydrogen) atoms. The smallest absolute Gasteiger partial charge is 0.387 e. The van der Waals surface area contributed by atoms with Crippen molar-refractivity contribution in [3.63, 3.8) is 0 Å². The van der Waals surface area contributed by atoms with E-state index in [2.05, 4.69) is 9.64 Å². The summed E-state index contributed by atoms with van der Waals surface area (Å²) in [4.78, 5) is 2.33. The minimum Gasteiger partial charge on any atom is -0.435 e. The van der Waals surface area contributed by atoms with Crippen LogP contribution >= 0.6 is 0 Å². The van der Waals surface area contributed by atoms with Crippen molar-refractivity contribution in [1.82, 2.24) is 4.90 Å². The Hall–Kier alpha value is -2.50. The Bertz CT molecular complexity index is 956. The fourth-order valence-electron chi connectivity index (χ4n) is 3.39. The Kier molecular flexibility index (Phi) is 6.27. The van der Waals surface area contributed by atoms with Gasteiger partial charge in [0.25, 0.3) is 0 Å². The zero-order chi connectivity index (χ0) is 20.1. The van der Waals surface area contributed by atoms with E-state index in [-0.39, 0.29) is 22.3 Å². The number of benzene rings is 2. The Morgan fingerprint density at radius 2 is 1.96 bits per heavy atom.